The fraction of sp³-hybridized carbons (Fsp3) is 0.235. The molecule has 0 atom stereocenters. The van der Waals surface area contributed by atoms with Gasteiger partial charge in [-0.2, -0.15) is 0 Å². The summed E-state index contributed by atoms with van der Waals surface area (Å²) in [5.41, 5.74) is 1.67. The Bertz CT molecular complexity index is 813. The number of esters is 1. The Morgan fingerprint density at radius 2 is 1.84 bits per heavy atom. The van der Waals surface area contributed by atoms with Gasteiger partial charge in [0.15, 0.2) is 0 Å². The van der Waals surface area contributed by atoms with Crippen molar-refractivity contribution in [2.75, 3.05) is 12.4 Å². The second kappa shape index (κ2) is 8.13. The highest BCUT2D eigenvalue weighted by atomic mass is 35.5. The van der Waals surface area contributed by atoms with Crippen molar-refractivity contribution in [3.8, 4) is 11.1 Å². The van der Waals surface area contributed by atoms with Crippen LogP contribution in [0.4, 0.5) is 5.00 Å². The average molecular weight is 382 g/mol. The summed E-state index contributed by atoms with van der Waals surface area (Å²) >= 11 is 7.14. The van der Waals surface area contributed by atoms with E-state index in [4.69, 9.17) is 21.4 Å². The second-order valence-electron chi connectivity index (χ2n) is 5.18. The van der Waals surface area contributed by atoms with Gasteiger partial charge in [-0.3, -0.25) is 9.59 Å². The van der Waals surface area contributed by atoms with Gasteiger partial charge in [-0.05, 0) is 24.6 Å². The maximum Gasteiger partial charge on any atom is 0.341 e. The van der Waals surface area contributed by atoms with E-state index in [-0.39, 0.29) is 18.4 Å². The number of methoxy groups -OCH3 is 1. The first-order chi connectivity index (χ1) is 11.8. The van der Waals surface area contributed by atoms with E-state index < -0.39 is 17.8 Å². The van der Waals surface area contributed by atoms with E-state index in [1.165, 1.54) is 18.4 Å². The highest BCUT2D eigenvalue weighted by molar-refractivity contribution is 7.17. The minimum absolute atomic E-state index is 0.177. The quantitative estimate of drug-likeness (QED) is 0.738. The lowest BCUT2D eigenvalue weighted by atomic mass is 10.0. The highest BCUT2D eigenvalue weighted by Crippen LogP contribution is 2.40. The van der Waals surface area contributed by atoms with Crippen LogP contribution in [0, 0.1) is 6.92 Å². The number of benzene rings is 1. The molecule has 0 saturated carbocycles. The number of hydrogen-bond donors (Lipinski definition) is 2. The van der Waals surface area contributed by atoms with Crippen molar-refractivity contribution >= 4 is 45.8 Å². The molecule has 25 heavy (non-hydrogen) atoms. The SMILES string of the molecule is COC(=O)c1c(NC(=O)CCC(=O)O)sc(C)c1-c1ccc(Cl)cc1. The number of carboxylic acids is 1. The maximum atomic E-state index is 12.3. The van der Waals surface area contributed by atoms with E-state index in [2.05, 4.69) is 5.32 Å². The van der Waals surface area contributed by atoms with Crippen molar-refractivity contribution in [1.29, 1.82) is 0 Å². The topological polar surface area (TPSA) is 92.7 Å². The van der Waals surface area contributed by atoms with Crippen molar-refractivity contribution in [3.63, 3.8) is 0 Å². The van der Waals surface area contributed by atoms with Gasteiger partial charge in [-0.15, -0.1) is 11.3 Å². The van der Waals surface area contributed by atoms with Crippen LogP contribution in [0.3, 0.4) is 0 Å². The van der Waals surface area contributed by atoms with Crippen LogP contribution in [0.25, 0.3) is 11.1 Å². The lowest BCUT2D eigenvalue weighted by molar-refractivity contribution is -0.138. The molecule has 1 aromatic carbocycles. The van der Waals surface area contributed by atoms with Crippen LogP contribution >= 0.6 is 22.9 Å². The lowest BCUT2D eigenvalue weighted by Gasteiger charge is -2.08. The van der Waals surface area contributed by atoms with E-state index in [9.17, 15) is 14.4 Å². The van der Waals surface area contributed by atoms with E-state index in [0.29, 0.717) is 15.6 Å². The molecule has 0 unspecified atom stereocenters. The molecule has 0 saturated heterocycles. The van der Waals surface area contributed by atoms with Crippen LogP contribution in [0.5, 0.6) is 0 Å². The molecule has 0 fully saturated rings. The van der Waals surface area contributed by atoms with Crippen LogP contribution in [0.15, 0.2) is 24.3 Å². The standard InChI is InChI=1S/C17H16ClNO5S/c1-9-14(10-3-5-11(18)6-4-10)15(17(23)24-2)16(25-9)19-12(20)7-8-13(21)22/h3-6H,7-8H2,1-2H3,(H,19,20)(H,21,22). The number of thiophene rings is 1. The third kappa shape index (κ3) is 4.58. The van der Waals surface area contributed by atoms with Gasteiger partial charge in [0.25, 0.3) is 0 Å². The number of anilines is 1. The van der Waals surface area contributed by atoms with Crippen molar-refractivity contribution in [2.24, 2.45) is 0 Å². The number of aryl methyl sites for hydroxylation is 1. The number of rotatable bonds is 6. The van der Waals surface area contributed by atoms with Crippen LogP contribution in [-0.2, 0) is 14.3 Å². The molecule has 0 radical (unpaired) electrons. The molecule has 2 aromatic rings. The Hall–Kier alpha value is -2.38. The molecule has 0 aliphatic rings. The van der Waals surface area contributed by atoms with Gasteiger partial charge in [-0.25, -0.2) is 4.79 Å². The maximum absolute atomic E-state index is 12.3. The summed E-state index contributed by atoms with van der Waals surface area (Å²) in [6.07, 6.45) is -0.461. The first-order valence-electron chi connectivity index (χ1n) is 7.32. The lowest BCUT2D eigenvalue weighted by Crippen LogP contribution is -2.15. The number of nitrogens with one attached hydrogen (secondary N) is 1. The van der Waals surface area contributed by atoms with Gasteiger partial charge in [-0.1, -0.05) is 23.7 Å². The van der Waals surface area contributed by atoms with E-state index >= 15 is 0 Å². The number of carbonyl (C=O) groups is 3. The smallest absolute Gasteiger partial charge is 0.341 e. The van der Waals surface area contributed by atoms with Gasteiger partial charge in [0, 0.05) is 21.9 Å². The largest absolute Gasteiger partial charge is 0.481 e. The van der Waals surface area contributed by atoms with Crippen LogP contribution < -0.4 is 5.32 Å². The molecule has 0 aliphatic carbocycles. The van der Waals surface area contributed by atoms with Gasteiger partial charge in [0.1, 0.15) is 10.6 Å². The molecule has 1 heterocycles. The number of carbonyl (C=O) groups excluding carboxylic acids is 2. The molecular formula is C17H16ClNO5S. The minimum Gasteiger partial charge on any atom is -0.481 e. The Kier molecular flexibility index (Phi) is 6.17. The molecular weight excluding hydrogens is 366 g/mol. The highest BCUT2D eigenvalue weighted by Gasteiger charge is 2.25. The number of ether oxygens (including phenoxy) is 1. The third-order valence-electron chi connectivity index (χ3n) is 3.43. The first-order valence-corrected chi connectivity index (χ1v) is 8.52. The molecule has 8 heteroatoms. The number of hydrogen-bond acceptors (Lipinski definition) is 5. The zero-order chi connectivity index (χ0) is 18.6. The number of amides is 1. The fourth-order valence-electron chi connectivity index (χ4n) is 2.30. The Labute approximate surface area is 153 Å². The van der Waals surface area contributed by atoms with Gasteiger partial charge in [0.05, 0.1) is 13.5 Å². The zero-order valence-electron chi connectivity index (χ0n) is 13.6. The summed E-state index contributed by atoms with van der Waals surface area (Å²) < 4.78 is 4.85. The minimum atomic E-state index is -1.06. The number of halogens is 1. The Morgan fingerprint density at radius 1 is 1.20 bits per heavy atom. The molecule has 1 amide bonds. The molecule has 6 nitrogen and oxygen atoms in total. The van der Waals surface area contributed by atoms with E-state index in [1.807, 2.05) is 6.92 Å². The molecule has 0 aliphatic heterocycles. The monoisotopic (exact) mass is 381 g/mol. The molecule has 132 valence electrons. The summed E-state index contributed by atoms with van der Waals surface area (Å²) in [5.74, 6) is -2.12. The van der Waals surface area contributed by atoms with Crippen molar-refractivity contribution in [2.45, 2.75) is 19.8 Å². The number of aliphatic carboxylic acids is 1. The first kappa shape index (κ1) is 19.0. The Balaban J connectivity index is 2.42. The van der Waals surface area contributed by atoms with Crippen LogP contribution in [0.1, 0.15) is 28.1 Å². The number of carboxylic acid groups (broad SMARTS) is 1. The summed E-state index contributed by atoms with van der Waals surface area (Å²) in [6, 6.07) is 6.97. The predicted octanol–water partition coefficient (Wildman–Crippen LogP) is 3.97. The summed E-state index contributed by atoms with van der Waals surface area (Å²) in [5, 5.41) is 12.2. The van der Waals surface area contributed by atoms with Gasteiger partial charge in [0.2, 0.25) is 5.91 Å². The van der Waals surface area contributed by atoms with Crippen molar-refractivity contribution in [1.82, 2.24) is 0 Å². The molecule has 1 aromatic heterocycles. The molecule has 0 spiro atoms. The van der Waals surface area contributed by atoms with Gasteiger partial charge >= 0.3 is 11.9 Å². The molecule has 0 bridgehead atoms. The van der Waals surface area contributed by atoms with Gasteiger partial charge < -0.3 is 15.2 Å². The van der Waals surface area contributed by atoms with E-state index in [1.54, 1.807) is 24.3 Å². The van der Waals surface area contributed by atoms with Crippen LogP contribution in [-0.4, -0.2) is 30.1 Å². The van der Waals surface area contributed by atoms with Crippen LogP contribution in [0.2, 0.25) is 5.02 Å². The Morgan fingerprint density at radius 3 is 2.40 bits per heavy atom. The van der Waals surface area contributed by atoms with Crippen molar-refractivity contribution in [3.05, 3.63) is 39.7 Å². The molecule has 2 rings (SSSR count). The normalized spacial score (nSPS) is 10.4. The fourth-order valence-corrected chi connectivity index (χ4v) is 3.51. The van der Waals surface area contributed by atoms with E-state index in [0.717, 1.165) is 10.4 Å². The summed E-state index contributed by atoms with van der Waals surface area (Å²) in [7, 11) is 1.26. The third-order valence-corrected chi connectivity index (χ3v) is 4.70. The molecule has 2 N–H and O–H groups in total. The second-order valence-corrected chi connectivity index (χ2v) is 6.84. The predicted molar refractivity (Wildman–Crippen MR) is 96.3 cm³/mol. The zero-order valence-corrected chi connectivity index (χ0v) is 15.2. The summed E-state index contributed by atoms with van der Waals surface area (Å²) in [4.78, 5) is 35.6. The van der Waals surface area contributed by atoms with Crippen molar-refractivity contribution < 1.29 is 24.2 Å². The summed E-state index contributed by atoms with van der Waals surface area (Å²) in [6.45, 7) is 1.83. The average Bonchev–Trinajstić information content (AvgIpc) is 2.89.